The lowest BCUT2D eigenvalue weighted by Gasteiger charge is -2.13. The molecule has 1 amide bonds. The molecule has 1 aromatic rings. The second-order valence-corrected chi connectivity index (χ2v) is 4.52. The standard InChI is InChI=1S/C14H20N2O/c1-2-9-15-14(17)10-16-13-8-7-11-5-3-4-6-12(11)13/h3-6,13,16H,2,7-10H2,1H3,(H,15,17). The fraction of sp³-hybridized carbons (Fsp3) is 0.500. The number of carbonyl (C=O) groups is 1. The Balaban J connectivity index is 1.83. The third-order valence-corrected chi connectivity index (χ3v) is 3.21. The second-order valence-electron chi connectivity index (χ2n) is 4.52. The van der Waals surface area contributed by atoms with Gasteiger partial charge in [-0.2, -0.15) is 0 Å². The molecule has 0 aliphatic heterocycles. The SMILES string of the molecule is CCCNC(=O)CNC1CCc2ccccc21. The maximum Gasteiger partial charge on any atom is 0.233 e. The van der Waals surface area contributed by atoms with Gasteiger partial charge in [-0.25, -0.2) is 0 Å². The van der Waals surface area contributed by atoms with Crippen LogP contribution in [0.25, 0.3) is 0 Å². The minimum Gasteiger partial charge on any atom is -0.355 e. The van der Waals surface area contributed by atoms with E-state index in [-0.39, 0.29) is 5.91 Å². The van der Waals surface area contributed by atoms with E-state index in [1.54, 1.807) is 0 Å². The van der Waals surface area contributed by atoms with E-state index in [1.165, 1.54) is 11.1 Å². The van der Waals surface area contributed by atoms with Gasteiger partial charge in [0, 0.05) is 12.6 Å². The van der Waals surface area contributed by atoms with E-state index in [1.807, 2.05) is 0 Å². The topological polar surface area (TPSA) is 41.1 Å². The van der Waals surface area contributed by atoms with Gasteiger partial charge in [-0.3, -0.25) is 4.79 Å². The number of carbonyl (C=O) groups excluding carboxylic acids is 1. The molecule has 0 radical (unpaired) electrons. The lowest BCUT2D eigenvalue weighted by molar-refractivity contribution is -0.120. The average Bonchev–Trinajstić information content (AvgIpc) is 2.77. The minimum absolute atomic E-state index is 0.0937. The maximum absolute atomic E-state index is 11.5. The molecule has 0 saturated heterocycles. The quantitative estimate of drug-likeness (QED) is 0.812. The van der Waals surface area contributed by atoms with E-state index >= 15 is 0 Å². The number of hydrogen-bond donors (Lipinski definition) is 2. The molecule has 2 N–H and O–H groups in total. The second kappa shape index (κ2) is 5.82. The van der Waals surface area contributed by atoms with E-state index in [0.29, 0.717) is 12.6 Å². The third kappa shape index (κ3) is 3.07. The van der Waals surface area contributed by atoms with Crippen LogP contribution in [0.1, 0.15) is 36.9 Å². The monoisotopic (exact) mass is 232 g/mol. The zero-order valence-electron chi connectivity index (χ0n) is 10.3. The summed E-state index contributed by atoms with van der Waals surface area (Å²) in [5.74, 6) is 0.0937. The maximum atomic E-state index is 11.5. The summed E-state index contributed by atoms with van der Waals surface area (Å²) < 4.78 is 0. The van der Waals surface area contributed by atoms with Gasteiger partial charge in [0.05, 0.1) is 6.54 Å². The smallest absolute Gasteiger partial charge is 0.233 e. The molecular weight excluding hydrogens is 212 g/mol. The average molecular weight is 232 g/mol. The van der Waals surface area contributed by atoms with Crippen LogP contribution in [0.3, 0.4) is 0 Å². The molecule has 2 rings (SSSR count). The summed E-state index contributed by atoms with van der Waals surface area (Å²) in [6, 6.07) is 8.82. The van der Waals surface area contributed by atoms with Gasteiger partial charge in [0.2, 0.25) is 5.91 Å². The van der Waals surface area contributed by atoms with Gasteiger partial charge in [-0.05, 0) is 30.4 Å². The first-order valence-corrected chi connectivity index (χ1v) is 6.39. The van der Waals surface area contributed by atoms with Crippen LogP contribution in [0.5, 0.6) is 0 Å². The van der Waals surface area contributed by atoms with E-state index in [2.05, 4.69) is 41.8 Å². The van der Waals surface area contributed by atoms with Gasteiger partial charge >= 0.3 is 0 Å². The van der Waals surface area contributed by atoms with Gasteiger partial charge in [-0.1, -0.05) is 31.2 Å². The normalized spacial score (nSPS) is 17.8. The van der Waals surface area contributed by atoms with Crippen molar-refractivity contribution in [3.63, 3.8) is 0 Å². The van der Waals surface area contributed by atoms with Crippen molar-refractivity contribution in [1.29, 1.82) is 0 Å². The molecule has 0 heterocycles. The fourth-order valence-corrected chi connectivity index (χ4v) is 2.31. The number of nitrogens with one attached hydrogen (secondary N) is 2. The van der Waals surface area contributed by atoms with E-state index in [9.17, 15) is 4.79 Å². The fourth-order valence-electron chi connectivity index (χ4n) is 2.31. The van der Waals surface area contributed by atoms with Crippen molar-refractivity contribution in [3.8, 4) is 0 Å². The summed E-state index contributed by atoms with van der Waals surface area (Å²) in [5, 5.41) is 6.21. The summed E-state index contributed by atoms with van der Waals surface area (Å²) in [7, 11) is 0. The van der Waals surface area contributed by atoms with Crippen LogP contribution in [-0.2, 0) is 11.2 Å². The Morgan fingerprint density at radius 3 is 3.06 bits per heavy atom. The Hall–Kier alpha value is -1.35. The van der Waals surface area contributed by atoms with Crippen LogP contribution < -0.4 is 10.6 Å². The largest absolute Gasteiger partial charge is 0.355 e. The van der Waals surface area contributed by atoms with Crippen LogP contribution >= 0.6 is 0 Å². The van der Waals surface area contributed by atoms with Crippen molar-refractivity contribution in [2.75, 3.05) is 13.1 Å². The Morgan fingerprint density at radius 1 is 1.41 bits per heavy atom. The summed E-state index contributed by atoms with van der Waals surface area (Å²) in [5.41, 5.74) is 2.77. The number of hydrogen-bond acceptors (Lipinski definition) is 2. The molecule has 1 aromatic carbocycles. The summed E-state index contributed by atoms with van der Waals surface area (Å²) in [4.78, 5) is 11.5. The number of amides is 1. The summed E-state index contributed by atoms with van der Waals surface area (Å²) >= 11 is 0. The van der Waals surface area contributed by atoms with Crippen molar-refractivity contribution in [1.82, 2.24) is 10.6 Å². The molecule has 1 aliphatic rings. The summed E-state index contributed by atoms with van der Waals surface area (Å²) in [6.45, 7) is 3.24. The molecule has 0 aromatic heterocycles. The van der Waals surface area contributed by atoms with E-state index < -0.39 is 0 Å². The van der Waals surface area contributed by atoms with Crippen LogP contribution in [0.2, 0.25) is 0 Å². The first-order valence-electron chi connectivity index (χ1n) is 6.39. The van der Waals surface area contributed by atoms with Crippen molar-refractivity contribution in [2.45, 2.75) is 32.2 Å². The molecule has 17 heavy (non-hydrogen) atoms. The van der Waals surface area contributed by atoms with Crippen LogP contribution in [0.4, 0.5) is 0 Å². The van der Waals surface area contributed by atoms with Gasteiger partial charge in [0.25, 0.3) is 0 Å². The lowest BCUT2D eigenvalue weighted by Crippen LogP contribution is -2.35. The van der Waals surface area contributed by atoms with Crippen molar-refractivity contribution >= 4 is 5.91 Å². The molecule has 92 valence electrons. The van der Waals surface area contributed by atoms with Crippen LogP contribution in [0, 0.1) is 0 Å². The highest BCUT2D eigenvalue weighted by molar-refractivity contribution is 5.78. The molecule has 0 saturated carbocycles. The minimum atomic E-state index is 0.0937. The lowest BCUT2D eigenvalue weighted by atomic mass is 10.1. The number of fused-ring (bicyclic) bond motifs is 1. The Kier molecular flexibility index (Phi) is 4.15. The Labute approximate surface area is 103 Å². The third-order valence-electron chi connectivity index (χ3n) is 3.21. The molecular formula is C14H20N2O. The first-order chi connectivity index (χ1) is 8.31. The van der Waals surface area contributed by atoms with Gasteiger partial charge in [0.15, 0.2) is 0 Å². The molecule has 1 atom stereocenters. The van der Waals surface area contributed by atoms with Gasteiger partial charge < -0.3 is 10.6 Å². The molecule has 1 unspecified atom stereocenters. The number of benzene rings is 1. The summed E-state index contributed by atoms with van der Waals surface area (Å²) in [6.07, 6.45) is 3.20. The molecule has 0 bridgehead atoms. The Bertz CT molecular complexity index is 390. The van der Waals surface area contributed by atoms with Crippen molar-refractivity contribution < 1.29 is 4.79 Å². The zero-order chi connectivity index (χ0) is 12.1. The van der Waals surface area contributed by atoms with Crippen LogP contribution in [-0.4, -0.2) is 19.0 Å². The van der Waals surface area contributed by atoms with Crippen molar-refractivity contribution in [3.05, 3.63) is 35.4 Å². The highest BCUT2D eigenvalue weighted by atomic mass is 16.1. The Morgan fingerprint density at radius 2 is 2.24 bits per heavy atom. The van der Waals surface area contributed by atoms with E-state index in [4.69, 9.17) is 0 Å². The number of aryl methyl sites for hydroxylation is 1. The first kappa shape index (κ1) is 12.1. The molecule has 0 spiro atoms. The van der Waals surface area contributed by atoms with Crippen molar-refractivity contribution in [2.24, 2.45) is 0 Å². The number of rotatable bonds is 5. The predicted molar refractivity (Wildman–Crippen MR) is 68.8 cm³/mol. The highest BCUT2D eigenvalue weighted by Crippen LogP contribution is 2.30. The zero-order valence-corrected chi connectivity index (χ0v) is 10.3. The van der Waals surface area contributed by atoms with E-state index in [0.717, 1.165) is 25.8 Å². The molecule has 3 heteroatoms. The van der Waals surface area contributed by atoms with Gasteiger partial charge in [0.1, 0.15) is 0 Å². The molecule has 1 aliphatic carbocycles. The molecule has 0 fully saturated rings. The molecule has 3 nitrogen and oxygen atoms in total. The highest BCUT2D eigenvalue weighted by Gasteiger charge is 2.21. The predicted octanol–water partition coefficient (Wildman–Crippen LogP) is 1.79. The van der Waals surface area contributed by atoms with Crippen LogP contribution in [0.15, 0.2) is 24.3 Å². The van der Waals surface area contributed by atoms with Gasteiger partial charge in [-0.15, -0.1) is 0 Å².